The van der Waals surface area contributed by atoms with Crippen LogP contribution in [-0.4, -0.2) is 65.0 Å². The van der Waals surface area contributed by atoms with Crippen LogP contribution < -0.4 is 5.32 Å². The largest absolute Gasteiger partial charge is 0.481 e. The van der Waals surface area contributed by atoms with Crippen molar-refractivity contribution in [3.63, 3.8) is 0 Å². The lowest BCUT2D eigenvalue weighted by Crippen LogP contribution is -2.65. The van der Waals surface area contributed by atoms with Crippen LogP contribution in [0.25, 0.3) is 0 Å². The smallest absolute Gasteiger partial charge is 0.318 e. The van der Waals surface area contributed by atoms with Gasteiger partial charge >= 0.3 is 12.0 Å². The molecule has 0 radical (unpaired) electrons. The van der Waals surface area contributed by atoms with Gasteiger partial charge in [0.05, 0.1) is 5.92 Å². The van der Waals surface area contributed by atoms with E-state index in [0.717, 1.165) is 0 Å². The minimum Gasteiger partial charge on any atom is -0.481 e. The van der Waals surface area contributed by atoms with Crippen LogP contribution in [0.4, 0.5) is 4.79 Å². The van der Waals surface area contributed by atoms with Crippen molar-refractivity contribution < 1.29 is 19.5 Å². The maximum absolute atomic E-state index is 12.1. The number of carbonyl (C=O) groups is 3. The highest BCUT2D eigenvalue weighted by Crippen LogP contribution is 2.21. The molecule has 0 spiro atoms. The first kappa shape index (κ1) is 16.3. The molecule has 3 amide bonds. The molecule has 0 bridgehead atoms. The number of aliphatic carboxylic acids is 1. The quantitative estimate of drug-likeness (QED) is 0.780. The number of rotatable bonds is 4. The Balaban J connectivity index is 2.55. The summed E-state index contributed by atoms with van der Waals surface area (Å²) >= 11 is 0. The minimum atomic E-state index is -0.880. The summed E-state index contributed by atoms with van der Waals surface area (Å²) in [5.74, 6) is -1.48. The molecule has 7 heteroatoms. The Kier molecular flexibility index (Phi) is 4.97. The van der Waals surface area contributed by atoms with E-state index in [-0.39, 0.29) is 18.5 Å². The normalized spacial score (nSPS) is 19.7. The minimum absolute atomic E-state index is 0.0993. The standard InChI is InChI=1S/C13H23N3O4/c1-9(10(17)18)5-6-14-12(20)16-8-7-15(4)11(19)13(16,2)3/h9H,5-8H2,1-4H3,(H,14,20)(H,17,18). The van der Waals surface area contributed by atoms with Gasteiger partial charge in [0.15, 0.2) is 0 Å². The molecule has 0 aliphatic carbocycles. The Morgan fingerprint density at radius 2 is 2.00 bits per heavy atom. The second-order valence-corrected chi connectivity index (χ2v) is 5.70. The molecular weight excluding hydrogens is 262 g/mol. The van der Waals surface area contributed by atoms with Gasteiger partial charge in [-0.2, -0.15) is 0 Å². The first-order valence-corrected chi connectivity index (χ1v) is 6.71. The SMILES string of the molecule is CC(CCNC(=O)N1CCN(C)C(=O)C1(C)C)C(=O)O. The lowest BCUT2D eigenvalue weighted by molar-refractivity contribution is -0.144. The second kappa shape index (κ2) is 6.11. The zero-order chi connectivity index (χ0) is 15.5. The maximum atomic E-state index is 12.1. The number of hydrogen-bond donors (Lipinski definition) is 2. The molecule has 1 saturated heterocycles. The summed E-state index contributed by atoms with van der Waals surface area (Å²) in [5, 5.41) is 11.5. The number of carbonyl (C=O) groups excluding carboxylic acids is 2. The van der Waals surface area contributed by atoms with Gasteiger partial charge in [0.2, 0.25) is 5.91 Å². The van der Waals surface area contributed by atoms with Crippen LogP contribution >= 0.6 is 0 Å². The van der Waals surface area contributed by atoms with E-state index in [4.69, 9.17) is 5.11 Å². The molecule has 1 aliphatic heterocycles. The number of nitrogens with one attached hydrogen (secondary N) is 1. The Morgan fingerprint density at radius 3 is 2.55 bits per heavy atom. The monoisotopic (exact) mass is 285 g/mol. The molecule has 20 heavy (non-hydrogen) atoms. The molecule has 1 heterocycles. The highest BCUT2D eigenvalue weighted by atomic mass is 16.4. The van der Waals surface area contributed by atoms with Gasteiger partial charge in [-0.15, -0.1) is 0 Å². The summed E-state index contributed by atoms with van der Waals surface area (Å²) in [5.41, 5.74) is -0.879. The fourth-order valence-electron chi connectivity index (χ4n) is 2.18. The Hall–Kier alpha value is -1.79. The summed E-state index contributed by atoms with van der Waals surface area (Å²) in [6.45, 7) is 6.27. The molecule has 1 rings (SSSR count). The fourth-order valence-corrected chi connectivity index (χ4v) is 2.18. The number of likely N-dealkylation sites (N-methyl/N-ethyl adjacent to an activating group) is 1. The van der Waals surface area contributed by atoms with Gasteiger partial charge in [-0.05, 0) is 20.3 Å². The predicted molar refractivity (Wildman–Crippen MR) is 73.2 cm³/mol. The third-order valence-corrected chi connectivity index (χ3v) is 3.72. The van der Waals surface area contributed by atoms with E-state index in [1.807, 2.05) is 0 Å². The number of carboxylic acid groups (broad SMARTS) is 1. The predicted octanol–water partition coefficient (Wildman–Crippen LogP) is 0.359. The maximum Gasteiger partial charge on any atom is 0.318 e. The summed E-state index contributed by atoms with van der Waals surface area (Å²) in [6, 6.07) is -0.325. The molecule has 0 aromatic carbocycles. The Morgan fingerprint density at radius 1 is 1.40 bits per heavy atom. The molecule has 0 aromatic heterocycles. The lowest BCUT2D eigenvalue weighted by Gasteiger charge is -2.44. The van der Waals surface area contributed by atoms with Crippen LogP contribution in [0.1, 0.15) is 27.2 Å². The molecule has 1 aliphatic rings. The van der Waals surface area contributed by atoms with Crippen molar-refractivity contribution in [1.29, 1.82) is 0 Å². The summed E-state index contributed by atoms with van der Waals surface area (Å²) in [7, 11) is 1.72. The Labute approximate surface area is 118 Å². The van der Waals surface area contributed by atoms with Crippen molar-refractivity contribution in [2.75, 3.05) is 26.7 Å². The van der Waals surface area contributed by atoms with Gasteiger partial charge in [-0.1, -0.05) is 6.92 Å². The molecule has 2 N–H and O–H groups in total. The van der Waals surface area contributed by atoms with Gasteiger partial charge in [-0.25, -0.2) is 4.79 Å². The van der Waals surface area contributed by atoms with E-state index in [2.05, 4.69) is 5.32 Å². The number of nitrogens with zero attached hydrogens (tertiary/aromatic N) is 2. The fraction of sp³-hybridized carbons (Fsp3) is 0.769. The van der Waals surface area contributed by atoms with E-state index in [0.29, 0.717) is 19.5 Å². The summed E-state index contributed by atoms with van der Waals surface area (Å²) < 4.78 is 0. The van der Waals surface area contributed by atoms with Crippen LogP contribution in [-0.2, 0) is 9.59 Å². The van der Waals surface area contributed by atoms with E-state index < -0.39 is 17.4 Å². The summed E-state index contributed by atoms with van der Waals surface area (Å²) in [6.07, 6.45) is 0.364. The molecule has 1 unspecified atom stereocenters. The van der Waals surface area contributed by atoms with Gasteiger partial charge in [-0.3, -0.25) is 9.59 Å². The second-order valence-electron chi connectivity index (χ2n) is 5.70. The highest BCUT2D eigenvalue weighted by Gasteiger charge is 2.42. The van der Waals surface area contributed by atoms with Crippen molar-refractivity contribution in [1.82, 2.24) is 15.1 Å². The van der Waals surface area contributed by atoms with Gasteiger partial charge in [0.25, 0.3) is 0 Å². The van der Waals surface area contributed by atoms with E-state index in [1.54, 1.807) is 32.7 Å². The van der Waals surface area contributed by atoms with Crippen LogP contribution in [0.5, 0.6) is 0 Å². The van der Waals surface area contributed by atoms with Crippen molar-refractivity contribution in [2.24, 2.45) is 5.92 Å². The third-order valence-electron chi connectivity index (χ3n) is 3.72. The average molecular weight is 285 g/mol. The van der Waals surface area contributed by atoms with Crippen LogP contribution in [0.2, 0.25) is 0 Å². The lowest BCUT2D eigenvalue weighted by atomic mass is 9.98. The van der Waals surface area contributed by atoms with Crippen molar-refractivity contribution in [3.8, 4) is 0 Å². The number of amides is 3. The van der Waals surface area contributed by atoms with Gasteiger partial charge in [0, 0.05) is 26.7 Å². The Bertz CT molecular complexity index is 408. The van der Waals surface area contributed by atoms with Gasteiger partial charge < -0.3 is 20.2 Å². The molecule has 1 fully saturated rings. The number of piperazine rings is 1. The van der Waals surface area contributed by atoms with Crippen molar-refractivity contribution >= 4 is 17.9 Å². The first-order valence-electron chi connectivity index (χ1n) is 6.71. The number of carboxylic acids is 1. The van der Waals surface area contributed by atoms with E-state index in [9.17, 15) is 14.4 Å². The number of urea groups is 1. The van der Waals surface area contributed by atoms with E-state index in [1.165, 1.54) is 4.90 Å². The third kappa shape index (κ3) is 3.40. The van der Waals surface area contributed by atoms with Crippen molar-refractivity contribution in [3.05, 3.63) is 0 Å². The average Bonchev–Trinajstić information content (AvgIpc) is 2.35. The molecule has 114 valence electrons. The topological polar surface area (TPSA) is 90.0 Å². The molecule has 0 aromatic rings. The van der Waals surface area contributed by atoms with Crippen LogP contribution in [0.3, 0.4) is 0 Å². The molecular formula is C13H23N3O4. The number of hydrogen-bond acceptors (Lipinski definition) is 3. The van der Waals surface area contributed by atoms with E-state index >= 15 is 0 Å². The van der Waals surface area contributed by atoms with Gasteiger partial charge in [0.1, 0.15) is 5.54 Å². The zero-order valence-corrected chi connectivity index (χ0v) is 12.5. The zero-order valence-electron chi connectivity index (χ0n) is 12.5. The molecule has 1 atom stereocenters. The van der Waals surface area contributed by atoms with Crippen molar-refractivity contribution in [2.45, 2.75) is 32.7 Å². The van der Waals surface area contributed by atoms with Crippen LogP contribution in [0.15, 0.2) is 0 Å². The van der Waals surface area contributed by atoms with Crippen LogP contribution in [0, 0.1) is 5.92 Å². The summed E-state index contributed by atoms with van der Waals surface area (Å²) in [4.78, 5) is 38.0. The first-order chi connectivity index (χ1) is 9.17. The molecule has 7 nitrogen and oxygen atoms in total. The molecule has 0 saturated carbocycles. The highest BCUT2D eigenvalue weighted by molar-refractivity contribution is 5.91.